The molecule has 0 atom stereocenters. The second-order valence-electron chi connectivity index (χ2n) is 5.16. The van der Waals surface area contributed by atoms with E-state index in [4.69, 9.17) is 28.0 Å². The van der Waals surface area contributed by atoms with E-state index in [1.807, 2.05) is 47.2 Å². The molecule has 0 fully saturated rings. The highest BCUT2D eigenvalue weighted by molar-refractivity contribution is 6.42. The maximum atomic E-state index is 6.01. The zero-order chi connectivity index (χ0) is 16.8. The molecule has 0 N–H and O–H groups in total. The summed E-state index contributed by atoms with van der Waals surface area (Å²) in [4.78, 5) is 9.59. The van der Waals surface area contributed by atoms with Gasteiger partial charge in [0.2, 0.25) is 0 Å². The molecule has 0 unspecified atom stereocenters. The average molecular weight is 360 g/mol. The van der Waals surface area contributed by atoms with Gasteiger partial charge in [-0.25, -0.2) is 4.98 Å². The van der Waals surface area contributed by atoms with Crippen molar-refractivity contribution in [3.05, 3.63) is 88.4 Å². The van der Waals surface area contributed by atoms with Crippen molar-refractivity contribution in [1.29, 1.82) is 0 Å². The smallest absolute Gasteiger partial charge is 0.142 e. The molecule has 0 bridgehead atoms. The van der Waals surface area contributed by atoms with Gasteiger partial charge in [0.1, 0.15) is 12.3 Å². The SMILES string of the molecule is Clc1ccc(CON=C(Cn2ccnc2)c2ccccc2)cc1Cl. The standard InChI is InChI=1S/C18H15Cl2N3O/c19-16-7-6-14(10-17(16)20)12-24-22-18(11-23-9-8-21-13-23)15-4-2-1-3-5-15/h1-10,13H,11-12H2. The Morgan fingerprint density at radius 2 is 1.92 bits per heavy atom. The molecule has 122 valence electrons. The van der Waals surface area contributed by atoms with Gasteiger partial charge in [0.25, 0.3) is 0 Å². The predicted molar refractivity (Wildman–Crippen MR) is 96.5 cm³/mol. The number of nitrogens with zero attached hydrogens (tertiary/aromatic N) is 3. The summed E-state index contributed by atoms with van der Waals surface area (Å²) in [6, 6.07) is 15.3. The van der Waals surface area contributed by atoms with Gasteiger partial charge in [-0.2, -0.15) is 0 Å². The van der Waals surface area contributed by atoms with Crippen molar-refractivity contribution in [2.24, 2.45) is 5.16 Å². The van der Waals surface area contributed by atoms with E-state index in [9.17, 15) is 0 Å². The molecule has 0 radical (unpaired) electrons. The number of benzene rings is 2. The van der Waals surface area contributed by atoms with Crippen molar-refractivity contribution >= 4 is 28.9 Å². The van der Waals surface area contributed by atoms with E-state index >= 15 is 0 Å². The molecule has 3 rings (SSSR count). The Balaban J connectivity index is 1.74. The Kier molecular flexibility index (Phi) is 5.51. The van der Waals surface area contributed by atoms with Crippen molar-refractivity contribution in [2.75, 3.05) is 0 Å². The van der Waals surface area contributed by atoms with Crippen molar-refractivity contribution in [3.63, 3.8) is 0 Å². The van der Waals surface area contributed by atoms with Gasteiger partial charge in [0, 0.05) is 18.0 Å². The lowest BCUT2D eigenvalue weighted by Gasteiger charge is -2.08. The summed E-state index contributed by atoms with van der Waals surface area (Å²) < 4.78 is 1.94. The van der Waals surface area contributed by atoms with Gasteiger partial charge in [-0.05, 0) is 17.7 Å². The molecule has 3 aromatic rings. The van der Waals surface area contributed by atoms with Crippen LogP contribution in [0.3, 0.4) is 0 Å². The number of aromatic nitrogens is 2. The average Bonchev–Trinajstić information content (AvgIpc) is 3.11. The minimum Gasteiger partial charge on any atom is -0.391 e. The minimum atomic E-state index is 0.317. The first-order valence-corrected chi connectivity index (χ1v) is 8.12. The van der Waals surface area contributed by atoms with E-state index in [-0.39, 0.29) is 0 Å². The summed E-state index contributed by atoms with van der Waals surface area (Å²) in [5.74, 6) is 0. The van der Waals surface area contributed by atoms with Gasteiger partial charge >= 0.3 is 0 Å². The highest BCUT2D eigenvalue weighted by Crippen LogP contribution is 2.23. The van der Waals surface area contributed by atoms with Crippen molar-refractivity contribution in [2.45, 2.75) is 13.2 Å². The first-order valence-electron chi connectivity index (χ1n) is 7.36. The fourth-order valence-corrected chi connectivity index (χ4v) is 2.49. The van der Waals surface area contributed by atoms with Crippen LogP contribution in [0, 0.1) is 0 Å². The van der Waals surface area contributed by atoms with Crippen LogP contribution in [-0.4, -0.2) is 15.3 Å². The highest BCUT2D eigenvalue weighted by atomic mass is 35.5. The zero-order valence-electron chi connectivity index (χ0n) is 12.8. The molecular formula is C18H15Cl2N3O. The van der Waals surface area contributed by atoms with Crippen LogP contribution in [-0.2, 0) is 18.0 Å². The monoisotopic (exact) mass is 359 g/mol. The second kappa shape index (κ2) is 7.99. The van der Waals surface area contributed by atoms with E-state index < -0.39 is 0 Å². The molecule has 0 saturated carbocycles. The Hall–Kier alpha value is -2.30. The van der Waals surface area contributed by atoms with Crippen LogP contribution >= 0.6 is 23.2 Å². The lowest BCUT2D eigenvalue weighted by atomic mass is 10.1. The number of hydrogen-bond donors (Lipinski definition) is 0. The van der Waals surface area contributed by atoms with Gasteiger partial charge in [0.05, 0.1) is 22.9 Å². The first-order chi connectivity index (χ1) is 11.7. The zero-order valence-corrected chi connectivity index (χ0v) is 14.3. The summed E-state index contributed by atoms with van der Waals surface area (Å²) in [6.45, 7) is 0.891. The largest absolute Gasteiger partial charge is 0.391 e. The van der Waals surface area contributed by atoms with Crippen molar-refractivity contribution in [1.82, 2.24) is 9.55 Å². The molecule has 2 aromatic carbocycles. The van der Waals surface area contributed by atoms with Gasteiger partial charge in [-0.1, -0.05) is 64.8 Å². The number of rotatable bonds is 6. The lowest BCUT2D eigenvalue weighted by Crippen LogP contribution is -2.11. The Bertz CT molecular complexity index is 818. The fraction of sp³-hybridized carbons (Fsp3) is 0.111. The van der Waals surface area contributed by atoms with E-state index in [0.717, 1.165) is 16.8 Å². The third-order valence-corrected chi connectivity index (χ3v) is 4.13. The molecule has 0 aliphatic rings. The third-order valence-electron chi connectivity index (χ3n) is 3.39. The fourth-order valence-electron chi connectivity index (χ4n) is 2.17. The molecule has 0 aliphatic carbocycles. The number of oxime groups is 1. The lowest BCUT2D eigenvalue weighted by molar-refractivity contribution is 0.130. The first kappa shape index (κ1) is 16.6. The van der Waals surface area contributed by atoms with Crippen molar-refractivity contribution in [3.8, 4) is 0 Å². The molecule has 6 heteroatoms. The molecule has 1 aromatic heterocycles. The Morgan fingerprint density at radius 1 is 1.08 bits per heavy atom. The van der Waals surface area contributed by atoms with Crippen LogP contribution < -0.4 is 0 Å². The molecular weight excluding hydrogens is 345 g/mol. The van der Waals surface area contributed by atoms with Crippen LogP contribution in [0.5, 0.6) is 0 Å². The van der Waals surface area contributed by atoms with Crippen LogP contribution in [0.15, 0.2) is 72.4 Å². The van der Waals surface area contributed by atoms with Gasteiger partial charge in [-0.3, -0.25) is 0 Å². The van der Waals surface area contributed by atoms with E-state index in [0.29, 0.717) is 23.2 Å². The van der Waals surface area contributed by atoms with Crippen LogP contribution in [0.25, 0.3) is 0 Å². The van der Waals surface area contributed by atoms with Gasteiger partial charge < -0.3 is 9.40 Å². The van der Waals surface area contributed by atoms with E-state index in [2.05, 4.69) is 10.1 Å². The maximum Gasteiger partial charge on any atom is 0.142 e. The normalized spacial score (nSPS) is 11.5. The molecule has 1 heterocycles. The summed E-state index contributed by atoms with van der Waals surface area (Å²) in [5, 5.41) is 5.33. The van der Waals surface area contributed by atoms with E-state index in [1.165, 1.54) is 0 Å². The molecule has 4 nitrogen and oxygen atoms in total. The molecule has 0 spiro atoms. The Labute approximate surface area is 150 Å². The maximum absolute atomic E-state index is 6.01. The molecule has 0 saturated heterocycles. The van der Waals surface area contributed by atoms with Gasteiger partial charge in [0.15, 0.2) is 0 Å². The second-order valence-corrected chi connectivity index (χ2v) is 5.98. The van der Waals surface area contributed by atoms with E-state index in [1.54, 1.807) is 24.7 Å². The van der Waals surface area contributed by atoms with Crippen LogP contribution in [0.1, 0.15) is 11.1 Å². The van der Waals surface area contributed by atoms with Crippen LogP contribution in [0.2, 0.25) is 10.0 Å². The van der Waals surface area contributed by atoms with Gasteiger partial charge in [-0.15, -0.1) is 0 Å². The Morgan fingerprint density at radius 3 is 2.62 bits per heavy atom. The highest BCUT2D eigenvalue weighted by Gasteiger charge is 2.06. The summed E-state index contributed by atoms with van der Waals surface area (Å²) >= 11 is 11.9. The molecule has 24 heavy (non-hydrogen) atoms. The number of halogens is 2. The summed E-state index contributed by atoms with van der Waals surface area (Å²) in [5.41, 5.74) is 2.72. The third kappa shape index (κ3) is 4.37. The summed E-state index contributed by atoms with van der Waals surface area (Å²) in [7, 11) is 0. The summed E-state index contributed by atoms with van der Waals surface area (Å²) in [6.07, 6.45) is 5.37. The minimum absolute atomic E-state index is 0.317. The van der Waals surface area contributed by atoms with Crippen LogP contribution in [0.4, 0.5) is 0 Å². The quantitative estimate of drug-likeness (QED) is 0.467. The number of imidazole rings is 1. The topological polar surface area (TPSA) is 39.4 Å². The number of hydrogen-bond acceptors (Lipinski definition) is 3. The van der Waals surface area contributed by atoms with Crippen molar-refractivity contribution < 1.29 is 4.84 Å². The molecule has 0 amide bonds. The molecule has 0 aliphatic heterocycles. The predicted octanol–water partition coefficient (Wildman–Crippen LogP) is 4.81.